The number of rotatable bonds is 6. The Morgan fingerprint density at radius 1 is 1.19 bits per heavy atom. The molecule has 1 fully saturated rings. The topological polar surface area (TPSA) is 65.1 Å². The first-order valence-electron chi connectivity index (χ1n) is 9.08. The van der Waals surface area contributed by atoms with E-state index in [1.165, 1.54) is 4.90 Å². The zero-order valence-electron chi connectivity index (χ0n) is 16.1. The third kappa shape index (κ3) is 6.02. The highest BCUT2D eigenvalue weighted by Gasteiger charge is 2.42. The first kappa shape index (κ1) is 20.2. The van der Waals surface area contributed by atoms with E-state index in [0.717, 1.165) is 5.56 Å². The number of amides is 1. The largest absolute Gasteiger partial charge is 0.464 e. The van der Waals surface area contributed by atoms with Crippen LogP contribution in [0.1, 0.15) is 39.7 Å². The Balaban J connectivity index is 1.95. The molecular formula is C20H29NO5. The first-order valence-corrected chi connectivity index (χ1v) is 9.08. The van der Waals surface area contributed by atoms with E-state index in [4.69, 9.17) is 14.2 Å². The highest BCUT2D eigenvalue weighted by Crippen LogP contribution is 2.27. The average molecular weight is 363 g/mol. The van der Waals surface area contributed by atoms with Crippen LogP contribution in [-0.2, 0) is 25.6 Å². The fourth-order valence-electron chi connectivity index (χ4n) is 2.95. The van der Waals surface area contributed by atoms with Gasteiger partial charge < -0.3 is 14.2 Å². The number of nitrogens with zero attached hydrogens (tertiary/aromatic N) is 1. The van der Waals surface area contributed by atoms with Crippen molar-refractivity contribution in [2.24, 2.45) is 5.92 Å². The molecular weight excluding hydrogens is 334 g/mol. The van der Waals surface area contributed by atoms with Gasteiger partial charge in [0.25, 0.3) is 0 Å². The molecule has 0 radical (unpaired) electrons. The number of carbonyl (C=O) groups excluding carboxylic acids is 2. The number of hydrogen-bond donors (Lipinski definition) is 0. The van der Waals surface area contributed by atoms with Gasteiger partial charge in [-0.05, 0) is 39.7 Å². The normalized spacial score (nSPS) is 20.1. The van der Waals surface area contributed by atoms with Gasteiger partial charge in [0.05, 0.1) is 19.8 Å². The first-order chi connectivity index (χ1) is 12.3. The predicted molar refractivity (Wildman–Crippen MR) is 97.6 cm³/mol. The Morgan fingerprint density at radius 2 is 1.88 bits per heavy atom. The molecule has 2 unspecified atom stereocenters. The van der Waals surface area contributed by atoms with Crippen LogP contribution in [0.15, 0.2) is 30.3 Å². The number of likely N-dealkylation sites (tertiary alicyclic amines) is 1. The highest BCUT2D eigenvalue weighted by molar-refractivity contribution is 5.82. The van der Waals surface area contributed by atoms with Gasteiger partial charge in [0, 0.05) is 12.5 Å². The molecule has 0 spiro atoms. The van der Waals surface area contributed by atoms with Crippen LogP contribution in [0.5, 0.6) is 0 Å². The highest BCUT2D eigenvalue weighted by atomic mass is 16.6. The lowest BCUT2D eigenvalue weighted by atomic mass is 10.1. The fraction of sp³-hybridized carbons (Fsp3) is 0.600. The number of esters is 1. The number of ether oxygens (including phenoxy) is 3. The van der Waals surface area contributed by atoms with Gasteiger partial charge in [-0.3, -0.25) is 4.90 Å². The standard InChI is InChI=1S/C20H29NO5/c1-5-25-18(22)17-11-16(12-21(17)19(23)26-20(2,3)4)14-24-13-15-9-7-6-8-10-15/h6-10,16-17H,5,11-14H2,1-4H3. The van der Waals surface area contributed by atoms with Crippen LogP contribution in [0.25, 0.3) is 0 Å². The van der Waals surface area contributed by atoms with Gasteiger partial charge in [-0.15, -0.1) is 0 Å². The van der Waals surface area contributed by atoms with Crippen LogP contribution in [0.2, 0.25) is 0 Å². The second-order valence-electron chi connectivity index (χ2n) is 7.50. The molecule has 0 aliphatic carbocycles. The van der Waals surface area contributed by atoms with Crippen LogP contribution in [0.3, 0.4) is 0 Å². The third-order valence-electron chi connectivity index (χ3n) is 4.04. The maximum absolute atomic E-state index is 12.5. The van der Waals surface area contributed by atoms with Gasteiger partial charge in [-0.25, -0.2) is 9.59 Å². The van der Waals surface area contributed by atoms with E-state index < -0.39 is 17.7 Å². The Morgan fingerprint density at radius 3 is 2.50 bits per heavy atom. The maximum atomic E-state index is 12.5. The molecule has 6 nitrogen and oxygen atoms in total. The number of carbonyl (C=O) groups is 2. The van der Waals surface area contributed by atoms with Crippen molar-refractivity contribution < 1.29 is 23.8 Å². The molecule has 2 rings (SSSR count). The van der Waals surface area contributed by atoms with E-state index in [9.17, 15) is 9.59 Å². The minimum absolute atomic E-state index is 0.0700. The van der Waals surface area contributed by atoms with Gasteiger partial charge in [-0.1, -0.05) is 30.3 Å². The van der Waals surface area contributed by atoms with Crippen molar-refractivity contribution in [3.8, 4) is 0 Å². The third-order valence-corrected chi connectivity index (χ3v) is 4.04. The molecule has 0 bridgehead atoms. The summed E-state index contributed by atoms with van der Waals surface area (Å²) in [4.78, 5) is 26.2. The molecule has 0 aromatic heterocycles. The van der Waals surface area contributed by atoms with E-state index in [2.05, 4.69) is 0 Å². The summed E-state index contributed by atoms with van der Waals surface area (Å²) in [5, 5.41) is 0. The van der Waals surface area contributed by atoms with E-state index in [1.807, 2.05) is 30.3 Å². The Bertz CT molecular complexity index is 596. The van der Waals surface area contributed by atoms with Crippen molar-refractivity contribution in [2.45, 2.75) is 52.4 Å². The summed E-state index contributed by atoms with van der Waals surface area (Å²) in [7, 11) is 0. The van der Waals surface area contributed by atoms with Crippen LogP contribution in [-0.4, -0.2) is 48.4 Å². The van der Waals surface area contributed by atoms with E-state index in [-0.39, 0.29) is 18.5 Å². The minimum Gasteiger partial charge on any atom is -0.464 e. The van der Waals surface area contributed by atoms with Gasteiger partial charge >= 0.3 is 12.1 Å². The zero-order chi connectivity index (χ0) is 19.2. The molecule has 144 valence electrons. The van der Waals surface area contributed by atoms with Crippen molar-refractivity contribution in [2.75, 3.05) is 19.8 Å². The lowest BCUT2D eigenvalue weighted by Crippen LogP contribution is -2.44. The van der Waals surface area contributed by atoms with Gasteiger partial charge in [0.2, 0.25) is 0 Å². The molecule has 6 heteroatoms. The monoisotopic (exact) mass is 363 g/mol. The lowest BCUT2D eigenvalue weighted by molar-refractivity contribution is -0.148. The quantitative estimate of drug-likeness (QED) is 0.725. The smallest absolute Gasteiger partial charge is 0.411 e. The molecule has 1 aliphatic rings. The van der Waals surface area contributed by atoms with E-state index >= 15 is 0 Å². The fourth-order valence-corrected chi connectivity index (χ4v) is 2.95. The van der Waals surface area contributed by atoms with Gasteiger partial charge in [0.1, 0.15) is 11.6 Å². The van der Waals surface area contributed by atoms with Crippen molar-refractivity contribution in [1.82, 2.24) is 4.90 Å². The summed E-state index contributed by atoms with van der Waals surface area (Å²) < 4.78 is 16.4. The zero-order valence-corrected chi connectivity index (χ0v) is 16.1. The second kappa shape index (κ2) is 9.03. The summed E-state index contributed by atoms with van der Waals surface area (Å²) in [6.07, 6.45) is 0.0356. The van der Waals surface area contributed by atoms with Crippen molar-refractivity contribution in [3.05, 3.63) is 35.9 Å². The minimum atomic E-state index is -0.616. The SMILES string of the molecule is CCOC(=O)C1CC(COCc2ccccc2)CN1C(=O)OC(C)(C)C. The van der Waals surface area contributed by atoms with Crippen LogP contribution < -0.4 is 0 Å². The molecule has 1 aliphatic heterocycles. The summed E-state index contributed by atoms with van der Waals surface area (Å²) in [5.41, 5.74) is 0.481. The summed E-state index contributed by atoms with van der Waals surface area (Å²) in [6, 6.07) is 9.29. The average Bonchev–Trinajstić information content (AvgIpc) is 2.99. The molecule has 1 heterocycles. The number of benzene rings is 1. The maximum Gasteiger partial charge on any atom is 0.411 e. The molecule has 1 saturated heterocycles. The molecule has 1 amide bonds. The molecule has 0 saturated carbocycles. The summed E-state index contributed by atoms with van der Waals surface area (Å²) in [6.45, 7) is 8.87. The van der Waals surface area contributed by atoms with E-state index in [1.54, 1.807) is 27.7 Å². The van der Waals surface area contributed by atoms with Crippen LogP contribution in [0, 0.1) is 5.92 Å². The summed E-state index contributed by atoms with van der Waals surface area (Å²) in [5.74, 6) is -0.315. The van der Waals surface area contributed by atoms with Crippen molar-refractivity contribution >= 4 is 12.1 Å². The van der Waals surface area contributed by atoms with Crippen molar-refractivity contribution in [1.29, 1.82) is 0 Å². The Hall–Kier alpha value is -2.08. The molecule has 1 aromatic carbocycles. The van der Waals surface area contributed by atoms with Gasteiger partial charge in [-0.2, -0.15) is 0 Å². The lowest BCUT2D eigenvalue weighted by Gasteiger charge is -2.27. The molecule has 1 aromatic rings. The predicted octanol–water partition coefficient (Wildman–Crippen LogP) is 3.39. The Kier molecular flexibility index (Phi) is 7.03. The van der Waals surface area contributed by atoms with Crippen LogP contribution in [0.4, 0.5) is 4.79 Å². The van der Waals surface area contributed by atoms with Crippen LogP contribution >= 0.6 is 0 Å². The van der Waals surface area contributed by atoms with Crippen molar-refractivity contribution in [3.63, 3.8) is 0 Å². The second-order valence-corrected chi connectivity index (χ2v) is 7.50. The van der Waals surface area contributed by atoms with E-state index in [0.29, 0.717) is 26.2 Å². The molecule has 0 N–H and O–H groups in total. The molecule has 26 heavy (non-hydrogen) atoms. The number of hydrogen-bond acceptors (Lipinski definition) is 5. The Labute approximate surface area is 155 Å². The van der Waals surface area contributed by atoms with Gasteiger partial charge in [0.15, 0.2) is 0 Å². The molecule has 2 atom stereocenters. The summed E-state index contributed by atoms with van der Waals surface area (Å²) >= 11 is 0.